The number of nitro groups is 1. The number of aromatic hydroxyl groups is 1. The molecule has 1 aromatic rings. The van der Waals surface area contributed by atoms with Crippen molar-refractivity contribution in [1.29, 1.82) is 5.26 Å². The van der Waals surface area contributed by atoms with E-state index >= 15 is 0 Å². The summed E-state index contributed by atoms with van der Waals surface area (Å²) in [6.45, 7) is 3.08. The van der Waals surface area contributed by atoms with Crippen molar-refractivity contribution in [1.82, 2.24) is 0 Å². The van der Waals surface area contributed by atoms with Crippen LogP contribution in [0.3, 0.4) is 0 Å². The second-order valence-corrected chi connectivity index (χ2v) is 5.46. The van der Waals surface area contributed by atoms with Gasteiger partial charge in [-0.25, -0.2) is 4.79 Å². The highest BCUT2D eigenvalue weighted by Crippen LogP contribution is 2.47. The van der Waals surface area contributed by atoms with Crippen molar-refractivity contribution in [3.05, 3.63) is 50.6 Å². The number of carbonyl (C=O) groups is 1. The minimum atomic E-state index is -1.23. The van der Waals surface area contributed by atoms with Gasteiger partial charge in [-0.05, 0) is 13.8 Å². The maximum Gasteiger partial charge on any atom is 0.338 e. The van der Waals surface area contributed by atoms with E-state index in [1.54, 1.807) is 6.92 Å². The van der Waals surface area contributed by atoms with Gasteiger partial charge in [-0.15, -0.1) is 0 Å². The first-order valence-corrected chi connectivity index (χ1v) is 7.77. The molecule has 0 spiro atoms. The summed E-state index contributed by atoms with van der Waals surface area (Å²) < 4.78 is 15.3. The summed E-state index contributed by atoms with van der Waals surface area (Å²) in [6.07, 6.45) is 0. The number of esters is 1. The molecule has 10 heteroatoms. The van der Waals surface area contributed by atoms with Gasteiger partial charge < -0.3 is 25.1 Å². The smallest absolute Gasteiger partial charge is 0.338 e. The molecule has 0 aliphatic carbocycles. The van der Waals surface area contributed by atoms with Crippen LogP contribution in [-0.2, 0) is 14.3 Å². The average Bonchev–Trinajstić information content (AvgIpc) is 2.61. The Morgan fingerprint density at radius 3 is 2.70 bits per heavy atom. The number of phenols is 1. The van der Waals surface area contributed by atoms with Gasteiger partial charge in [0.05, 0.1) is 36.2 Å². The number of nitriles is 1. The van der Waals surface area contributed by atoms with Crippen LogP contribution in [0, 0.1) is 21.4 Å². The monoisotopic (exact) mass is 375 g/mol. The van der Waals surface area contributed by atoms with E-state index in [-0.39, 0.29) is 40.7 Å². The minimum absolute atomic E-state index is 0.0493. The summed E-state index contributed by atoms with van der Waals surface area (Å²) in [5.41, 5.74) is 4.97. The molecule has 0 bridgehead atoms. The fourth-order valence-corrected chi connectivity index (χ4v) is 2.76. The number of carbonyl (C=O) groups excluding carboxylic acids is 1. The number of hydrogen-bond acceptors (Lipinski definition) is 9. The van der Waals surface area contributed by atoms with Gasteiger partial charge in [0, 0.05) is 11.6 Å². The fraction of sp³-hybridized carbons (Fsp3) is 0.294. The number of nitrogens with zero attached hydrogens (tertiary/aromatic N) is 2. The summed E-state index contributed by atoms with van der Waals surface area (Å²) in [6, 6.07) is 3.90. The van der Waals surface area contributed by atoms with E-state index in [4.69, 9.17) is 19.9 Å². The summed E-state index contributed by atoms with van der Waals surface area (Å²) in [5.74, 6) is -2.91. The Balaban J connectivity index is 2.82. The number of nitrogens with two attached hydrogens (primary N) is 1. The molecule has 10 nitrogen and oxygen atoms in total. The largest absolute Gasteiger partial charge is 0.504 e. The number of ether oxygens (including phenoxy) is 3. The quantitative estimate of drug-likeness (QED) is 0.445. The molecule has 0 saturated heterocycles. The molecule has 1 aliphatic rings. The fourth-order valence-electron chi connectivity index (χ4n) is 2.76. The predicted octanol–water partition coefficient (Wildman–Crippen LogP) is 1.95. The molecule has 0 aromatic heterocycles. The lowest BCUT2D eigenvalue weighted by Gasteiger charge is -2.27. The van der Waals surface area contributed by atoms with Crippen LogP contribution < -0.4 is 10.5 Å². The molecule has 2 rings (SSSR count). The summed E-state index contributed by atoms with van der Waals surface area (Å²) in [4.78, 5) is 23.0. The lowest BCUT2D eigenvalue weighted by atomic mass is 9.82. The van der Waals surface area contributed by atoms with Crippen molar-refractivity contribution in [2.45, 2.75) is 19.8 Å². The molecule has 142 valence electrons. The van der Waals surface area contributed by atoms with E-state index in [2.05, 4.69) is 0 Å². The van der Waals surface area contributed by atoms with Crippen LogP contribution in [0.1, 0.15) is 25.3 Å². The number of nitro benzene ring substituents is 1. The van der Waals surface area contributed by atoms with E-state index < -0.39 is 28.2 Å². The maximum atomic E-state index is 12.5. The first-order valence-electron chi connectivity index (χ1n) is 7.77. The Labute approximate surface area is 154 Å². The van der Waals surface area contributed by atoms with E-state index in [1.807, 2.05) is 6.07 Å². The molecule has 1 aliphatic heterocycles. The maximum absolute atomic E-state index is 12.5. The van der Waals surface area contributed by atoms with Gasteiger partial charge in [-0.2, -0.15) is 5.26 Å². The van der Waals surface area contributed by atoms with Gasteiger partial charge in [0.15, 0.2) is 11.5 Å². The molecule has 1 aromatic carbocycles. The topological polar surface area (TPSA) is 158 Å². The van der Waals surface area contributed by atoms with Gasteiger partial charge in [-0.3, -0.25) is 10.1 Å². The summed E-state index contributed by atoms with van der Waals surface area (Å²) in [5, 5.41) is 31.3. The van der Waals surface area contributed by atoms with Crippen LogP contribution in [0.15, 0.2) is 34.9 Å². The third-order valence-electron chi connectivity index (χ3n) is 3.93. The number of methoxy groups -OCH3 is 1. The molecule has 0 saturated carbocycles. The summed E-state index contributed by atoms with van der Waals surface area (Å²) >= 11 is 0. The Hall–Kier alpha value is -3.74. The number of allylic oxidation sites excluding steroid dienone is 2. The predicted molar refractivity (Wildman–Crippen MR) is 91.3 cm³/mol. The summed E-state index contributed by atoms with van der Waals surface area (Å²) in [7, 11) is 1.22. The zero-order valence-corrected chi connectivity index (χ0v) is 14.8. The highest BCUT2D eigenvalue weighted by Gasteiger charge is 2.39. The first-order chi connectivity index (χ1) is 12.8. The number of benzene rings is 1. The van der Waals surface area contributed by atoms with E-state index in [0.717, 1.165) is 12.1 Å². The molecule has 3 N–H and O–H groups in total. The Morgan fingerprint density at radius 2 is 2.19 bits per heavy atom. The van der Waals surface area contributed by atoms with Crippen LogP contribution in [0.5, 0.6) is 11.5 Å². The zero-order valence-electron chi connectivity index (χ0n) is 14.8. The number of hydrogen-bond donors (Lipinski definition) is 2. The van der Waals surface area contributed by atoms with E-state index in [0.29, 0.717) is 0 Å². The van der Waals surface area contributed by atoms with Crippen LogP contribution in [0.25, 0.3) is 0 Å². The SMILES string of the molecule is CCOC(=O)C1=C(C)OC(N)=C(C#N)C1c1cc([N+](=O)[O-])cc(OC)c1O. The van der Waals surface area contributed by atoms with E-state index in [9.17, 15) is 25.3 Å². The standard InChI is InChI=1S/C17H17N3O7/c1-4-26-17(22)13-8(2)27-16(19)11(7-18)14(13)10-5-9(20(23)24)6-12(25-3)15(10)21/h5-6,14,21H,4,19H2,1-3H3. The number of rotatable bonds is 5. The molecule has 0 fully saturated rings. The van der Waals surface area contributed by atoms with Gasteiger partial charge >= 0.3 is 5.97 Å². The highest BCUT2D eigenvalue weighted by atomic mass is 16.6. The molecule has 0 amide bonds. The van der Waals surface area contributed by atoms with Crippen molar-refractivity contribution >= 4 is 11.7 Å². The van der Waals surface area contributed by atoms with Crippen molar-refractivity contribution in [3.63, 3.8) is 0 Å². The second kappa shape index (κ2) is 7.65. The van der Waals surface area contributed by atoms with Crippen molar-refractivity contribution in [2.75, 3.05) is 13.7 Å². The molecular formula is C17H17N3O7. The van der Waals surface area contributed by atoms with Crippen LogP contribution in [0.4, 0.5) is 5.69 Å². The lowest BCUT2D eigenvalue weighted by molar-refractivity contribution is -0.385. The van der Waals surface area contributed by atoms with Crippen molar-refractivity contribution in [2.24, 2.45) is 5.73 Å². The third-order valence-corrected chi connectivity index (χ3v) is 3.93. The van der Waals surface area contributed by atoms with Crippen molar-refractivity contribution in [3.8, 4) is 17.6 Å². The molecule has 1 atom stereocenters. The zero-order chi connectivity index (χ0) is 20.3. The normalized spacial score (nSPS) is 16.4. The third kappa shape index (κ3) is 3.48. The molecule has 1 unspecified atom stereocenters. The number of phenolic OH excluding ortho intramolecular Hbond substituents is 1. The molecule has 27 heavy (non-hydrogen) atoms. The van der Waals surface area contributed by atoms with Crippen molar-refractivity contribution < 1.29 is 29.0 Å². The van der Waals surface area contributed by atoms with Crippen LogP contribution >= 0.6 is 0 Å². The molecule has 1 heterocycles. The van der Waals surface area contributed by atoms with Gasteiger partial charge in [-0.1, -0.05) is 0 Å². The van der Waals surface area contributed by atoms with Gasteiger partial charge in [0.1, 0.15) is 17.4 Å². The highest BCUT2D eigenvalue weighted by molar-refractivity contribution is 5.93. The Bertz CT molecular complexity index is 912. The first kappa shape index (κ1) is 19.6. The minimum Gasteiger partial charge on any atom is -0.504 e. The van der Waals surface area contributed by atoms with Crippen LogP contribution in [-0.4, -0.2) is 29.7 Å². The lowest BCUT2D eigenvalue weighted by Crippen LogP contribution is -2.25. The molecular weight excluding hydrogens is 358 g/mol. The second-order valence-electron chi connectivity index (χ2n) is 5.46. The van der Waals surface area contributed by atoms with Gasteiger partial charge in [0.2, 0.25) is 5.88 Å². The Morgan fingerprint density at radius 1 is 1.52 bits per heavy atom. The number of non-ortho nitro benzene ring substituents is 1. The average molecular weight is 375 g/mol. The van der Waals surface area contributed by atoms with Gasteiger partial charge in [0.25, 0.3) is 5.69 Å². The Kier molecular flexibility index (Phi) is 5.55. The molecule has 0 radical (unpaired) electrons. The van der Waals surface area contributed by atoms with E-state index in [1.165, 1.54) is 14.0 Å². The van der Waals surface area contributed by atoms with Crippen LogP contribution in [0.2, 0.25) is 0 Å².